The molecule has 0 aliphatic carbocycles. The summed E-state index contributed by atoms with van der Waals surface area (Å²) in [5.41, 5.74) is 5.74. The highest BCUT2D eigenvalue weighted by atomic mass is 35.5. The van der Waals surface area contributed by atoms with Gasteiger partial charge in [-0.15, -0.1) is 0 Å². The van der Waals surface area contributed by atoms with Gasteiger partial charge in [0.05, 0.1) is 11.9 Å². The number of benzene rings is 1. The van der Waals surface area contributed by atoms with Gasteiger partial charge in [-0.05, 0) is 24.3 Å². The number of nitrogen functional groups attached to an aromatic ring is 1. The zero-order chi connectivity index (χ0) is 15.6. The van der Waals surface area contributed by atoms with Crippen molar-refractivity contribution in [3.05, 3.63) is 45.8 Å². The van der Waals surface area contributed by atoms with Crippen molar-refractivity contribution in [3.63, 3.8) is 0 Å². The van der Waals surface area contributed by atoms with Crippen molar-refractivity contribution in [2.75, 3.05) is 11.1 Å². The third-order valence-corrected chi connectivity index (χ3v) is 2.87. The molecule has 0 saturated carbocycles. The number of alkyl halides is 3. The number of hydrogen-bond donors (Lipinski definition) is 2. The Hall–Kier alpha value is -2.22. The quantitative estimate of drug-likeness (QED) is 0.854. The minimum Gasteiger partial charge on any atom is -0.399 e. The Balaban J connectivity index is 2.28. The molecule has 5 nitrogen and oxygen atoms in total. The molecule has 9 heteroatoms. The first-order chi connectivity index (χ1) is 9.76. The summed E-state index contributed by atoms with van der Waals surface area (Å²) in [6, 6.07) is 6.50. The Morgan fingerprint density at radius 1 is 1.29 bits per heavy atom. The Bertz CT molecular complexity index is 697. The van der Waals surface area contributed by atoms with E-state index in [4.69, 9.17) is 17.3 Å². The second-order valence-electron chi connectivity index (χ2n) is 4.20. The van der Waals surface area contributed by atoms with Gasteiger partial charge in [-0.1, -0.05) is 11.6 Å². The van der Waals surface area contributed by atoms with E-state index in [1.54, 1.807) is 24.3 Å². The van der Waals surface area contributed by atoms with E-state index in [1.807, 2.05) is 0 Å². The van der Waals surface area contributed by atoms with E-state index in [1.165, 1.54) is 0 Å². The zero-order valence-corrected chi connectivity index (χ0v) is 11.2. The highest BCUT2D eigenvalue weighted by Crippen LogP contribution is 2.23. The Labute approximate surface area is 122 Å². The molecule has 2 rings (SSSR count). The van der Waals surface area contributed by atoms with Gasteiger partial charge in [-0.25, -0.2) is 4.68 Å². The minimum absolute atomic E-state index is 0.116. The fourth-order valence-electron chi connectivity index (χ4n) is 1.56. The average Bonchev–Trinajstić information content (AvgIpc) is 2.39. The van der Waals surface area contributed by atoms with Crippen molar-refractivity contribution in [2.45, 2.75) is 12.7 Å². The van der Waals surface area contributed by atoms with Gasteiger partial charge in [0, 0.05) is 11.4 Å². The van der Waals surface area contributed by atoms with Gasteiger partial charge in [-0.2, -0.15) is 18.3 Å². The lowest BCUT2D eigenvalue weighted by Crippen LogP contribution is -2.30. The van der Waals surface area contributed by atoms with Crippen molar-refractivity contribution in [1.82, 2.24) is 9.78 Å². The standard InChI is InChI=1S/C12H10ClF3N4O/c13-10-9(19-8-3-1-7(17)2-4-8)5-18-20(11(10)21)6-12(14,15)16/h1-5,19H,6,17H2. The summed E-state index contributed by atoms with van der Waals surface area (Å²) in [5.74, 6) is 0. The molecule has 0 unspecified atom stereocenters. The summed E-state index contributed by atoms with van der Waals surface area (Å²) in [6.07, 6.45) is -3.49. The lowest BCUT2D eigenvalue weighted by Gasteiger charge is -2.11. The average molecular weight is 319 g/mol. The fraction of sp³-hybridized carbons (Fsp3) is 0.167. The maximum atomic E-state index is 12.3. The van der Waals surface area contributed by atoms with E-state index in [-0.39, 0.29) is 15.4 Å². The van der Waals surface area contributed by atoms with Gasteiger partial charge < -0.3 is 11.1 Å². The van der Waals surface area contributed by atoms with E-state index in [0.29, 0.717) is 11.4 Å². The first-order valence-corrected chi connectivity index (χ1v) is 6.09. The molecule has 0 spiro atoms. The van der Waals surface area contributed by atoms with Crippen LogP contribution in [0, 0.1) is 0 Å². The van der Waals surface area contributed by atoms with E-state index in [9.17, 15) is 18.0 Å². The molecule has 0 amide bonds. The first kappa shape index (κ1) is 15.2. The summed E-state index contributed by atoms with van der Waals surface area (Å²) in [4.78, 5) is 11.7. The van der Waals surface area contributed by atoms with Crippen LogP contribution in [-0.2, 0) is 6.54 Å². The van der Waals surface area contributed by atoms with Gasteiger partial charge in [-0.3, -0.25) is 4.79 Å². The van der Waals surface area contributed by atoms with Crippen LogP contribution in [0.5, 0.6) is 0 Å². The monoisotopic (exact) mass is 318 g/mol. The van der Waals surface area contributed by atoms with Gasteiger partial charge in [0.2, 0.25) is 0 Å². The molecule has 21 heavy (non-hydrogen) atoms. The number of rotatable bonds is 3. The summed E-state index contributed by atoms with van der Waals surface area (Å²) >= 11 is 5.78. The van der Waals surface area contributed by atoms with Crippen LogP contribution >= 0.6 is 11.6 Å². The molecule has 0 atom stereocenters. The summed E-state index contributed by atoms with van der Waals surface area (Å²) in [5, 5.41) is 5.87. The maximum Gasteiger partial charge on any atom is 0.408 e. The molecule has 0 bridgehead atoms. The minimum atomic E-state index is -4.55. The number of nitrogens with zero attached hydrogens (tertiary/aromatic N) is 2. The number of anilines is 3. The summed E-state index contributed by atoms with van der Waals surface area (Å²) in [7, 11) is 0. The van der Waals surface area contributed by atoms with Crippen LogP contribution in [-0.4, -0.2) is 16.0 Å². The second-order valence-corrected chi connectivity index (χ2v) is 4.58. The molecule has 1 heterocycles. The predicted molar refractivity (Wildman–Crippen MR) is 73.7 cm³/mol. The summed E-state index contributed by atoms with van der Waals surface area (Å²) < 4.78 is 37.1. The lowest BCUT2D eigenvalue weighted by atomic mass is 10.3. The first-order valence-electron chi connectivity index (χ1n) is 5.71. The molecule has 1 aromatic heterocycles. The van der Waals surface area contributed by atoms with Crippen LogP contribution in [0.25, 0.3) is 0 Å². The van der Waals surface area contributed by atoms with Crippen LogP contribution < -0.4 is 16.6 Å². The number of nitrogens with two attached hydrogens (primary N) is 1. The van der Waals surface area contributed by atoms with E-state index in [0.717, 1.165) is 6.20 Å². The molecule has 0 aliphatic rings. The normalized spacial score (nSPS) is 11.4. The Kier molecular flexibility index (Phi) is 4.08. The molecule has 1 aromatic carbocycles. The molecular formula is C12H10ClF3N4O. The van der Waals surface area contributed by atoms with Crippen LogP contribution in [0.4, 0.5) is 30.2 Å². The van der Waals surface area contributed by atoms with Gasteiger partial charge in [0.25, 0.3) is 5.56 Å². The number of nitrogens with one attached hydrogen (secondary N) is 1. The summed E-state index contributed by atoms with van der Waals surface area (Å²) in [6.45, 7) is -1.49. The highest BCUT2D eigenvalue weighted by Gasteiger charge is 2.29. The van der Waals surface area contributed by atoms with Gasteiger partial charge in [0.15, 0.2) is 0 Å². The van der Waals surface area contributed by atoms with Crippen LogP contribution in [0.2, 0.25) is 5.02 Å². The number of aromatic nitrogens is 2. The van der Waals surface area contributed by atoms with Crippen LogP contribution in [0.1, 0.15) is 0 Å². The largest absolute Gasteiger partial charge is 0.408 e. The molecule has 0 saturated heterocycles. The van der Waals surface area contributed by atoms with E-state index >= 15 is 0 Å². The molecular weight excluding hydrogens is 309 g/mol. The zero-order valence-electron chi connectivity index (χ0n) is 10.5. The van der Waals surface area contributed by atoms with Crippen molar-refractivity contribution in [3.8, 4) is 0 Å². The molecule has 0 fully saturated rings. The second kappa shape index (κ2) is 5.65. The third-order valence-electron chi connectivity index (χ3n) is 2.50. The maximum absolute atomic E-state index is 12.3. The van der Waals surface area contributed by atoms with E-state index < -0.39 is 18.3 Å². The lowest BCUT2D eigenvalue weighted by molar-refractivity contribution is -0.143. The fourth-order valence-corrected chi connectivity index (χ4v) is 1.75. The van der Waals surface area contributed by atoms with Crippen molar-refractivity contribution in [1.29, 1.82) is 0 Å². The Morgan fingerprint density at radius 2 is 1.90 bits per heavy atom. The van der Waals surface area contributed by atoms with Crippen molar-refractivity contribution >= 4 is 28.7 Å². The van der Waals surface area contributed by atoms with Crippen LogP contribution in [0.15, 0.2) is 35.3 Å². The van der Waals surface area contributed by atoms with Gasteiger partial charge >= 0.3 is 6.18 Å². The predicted octanol–water partition coefficient (Wildman–Crippen LogP) is 2.78. The van der Waals surface area contributed by atoms with E-state index in [2.05, 4.69) is 10.4 Å². The smallest absolute Gasteiger partial charge is 0.399 e. The molecule has 112 valence electrons. The topological polar surface area (TPSA) is 72.9 Å². The highest BCUT2D eigenvalue weighted by molar-refractivity contribution is 6.33. The molecule has 2 aromatic rings. The third kappa shape index (κ3) is 3.88. The molecule has 3 N–H and O–H groups in total. The number of hydrogen-bond acceptors (Lipinski definition) is 4. The number of halogens is 4. The molecule has 0 aliphatic heterocycles. The van der Waals surface area contributed by atoms with Crippen LogP contribution in [0.3, 0.4) is 0 Å². The van der Waals surface area contributed by atoms with Crippen molar-refractivity contribution < 1.29 is 13.2 Å². The SMILES string of the molecule is Nc1ccc(Nc2cnn(CC(F)(F)F)c(=O)c2Cl)cc1. The van der Waals surface area contributed by atoms with Gasteiger partial charge in [0.1, 0.15) is 11.6 Å². The molecule has 0 radical (unpaired) electrons. The van der Waals surface area contributed by atoms with Crippen molar-refractivity contribution in [2.24, 2.45) is 0 Å². The Morgan fingerprint density at radius 3 is 2.48 bits per heavy atom.